The zero-order valence-electron chi connectivity index (χ0n) is 14.7. The number of anilines is 1. The van der Waals surface area contributed by atoms with E-state index in [1.54, 1.807) is 35.1 Å². The van der Waals surface area contributed by atoms with E-state index in [0.717, 1.165) is 11.3 Å². The van der Waals surface area contributed by atoms with Crippen molar-refractivity contribution in [2.24, 2.45) is 0 Å². The van der Waals surface area contributed by atoms with E-state index in [0.29, 0.717) is 17.1 Å². The van der Waals surface area contributed by atoms with Crippen molar-refractivity contribution in [2.45, 2.75) is 32.1 Å². The van der Waals surface area contributed by atoms with Crippen molar-refractivity contribution in [3.63, 3.8) is 0 Å². The van der Waals surface area contributed by atoms with Crippen LogP contribution in [0, 0.1) is 11.3 Å². The minimum atomic E-state index is 0.346. The first-order valence-corrected chi connectivity index (χ1v) is 8.94. The number of nitrogen functional groups attached to an aromatic ring is 1. The Morgan fingerprint density at radius 3 is 2.38 bits per heavy atom. The van der Waals surface area contributed by atoms with Gasteiger partial charge in [0.2, 0.25) is 0 Å². The van der Waals surface area contributed by atoms with E-state index in [9.17, 15) is 0 Å². The average molecular weight is 349 g/mol. The van der Waals surface area contributed by atoms with Crippen molar-refractivity contribution in [1.82, 2.24) is 24.7 Å². The third-order valence-electron chi connectivity index (χ3n) is 3.86. The van der Waals surface area contributed by atoms with Gasteiger partial charge in [0.15, 0.2) is 0 Å². The van der Waals surface area contributed by atoms with E-state index in [1.165, 1.54) is 51.4 Å². The van der Waals surface area contributed by atoms with Crippen LogP contribution in [0.3, 0.4) is 0 Å². The van der Waals surface area contributed by atoms with Crippen molar-refractivity contribution >= 4 is 11.5 Å². The van der Waals surface area contributed by atoms with Crippen LogP contribution in [-0.2, 0) is 0 Å². The number of nitrogens with zero attached hydrogens (tertiary/aromatic N) is 5. The maximum atomic E-state index is 8.91. The Labute approximate surface area is 152 Å². The molecule has 7 heteroatoms. The molecule has 1 saturated heterocycles. The number of nitriles is 1. The second kappa shape index (κ2) is 8.92. The van der Waals surface area contributed by atoms with Gasteiger partial charge in [0.25, 0.3) is 0 Å². The summed E-state index contributed by atoms with van der Waals surface area (Å²) in [5, 5.41) is 12.1. The number of pyridine rings is 1. The normalized spacial score (nSPS) is 14.6. The summed E-state index contributed by atoms with van der Waals surface area (Å²) in [5.41, 5.74) is 8.28. The molecular formula is C19H23N7. The van der Waals surface area contributed by atoms with Gasteiger partial charge in [-0.15, -0.1) is 0 Å². The van der Waals surface area contributed by atoms with E-state index in [2.05, 4.69) is 26.3 Å². The molecule has 3 N–H and O–H groups in total. The Bertz CT molecular complexity index is 878. The Kier molecular flexibility index (Phi) is 6.12. The fourth-order valence-electron chi connectivity index (χ4n) is 2.37. The first-order valence-electron chi connectivity index (χ1n) is 8.94. The SMILES string of the molecule is C1CC1.C1CCNC1.N#Cc1ccc2ncc(-c3cncc(N)n3)n2c1. The van der Waals surface area contributed by atoms with Gasteiger partial charge in [0.05, 0.1) is 29.8 Å². The molecule has 0 atom stereocenters. The summed E-state index contributed by atoms with van der Waals surface area (Å²) in [6.07, 6.45) is 13.8. The molecule has 5 rings (SSSR count). The summed E-state index contributed by atoms with van der Waals surface area (Å²) in [7, 11) is 0. The zero-order valence-corrected chi connectivity index (χ0v) is 14.7. The number of rotatable bonds is 1. The Morgan fingerprint density at radius 2 is 1.81 bits per heavy atom. The predicted molar refractivity (Wildman–Crippen MR) is 101 cm³/mol. The molecule has 2 fully saturated rings. The smallest absolute Gasteiger partial charge is 0.142 e. The number of nitrogens with two attached hydrogens (primary N) is 1. The highest BCUT2D eigenvalue weighted by Gasteiger charge is 2.08. The Morgan fingerprint density at radius 1 is 1.04 bits per heavy atom. The first-order chi connectivity index (χ1) is 12.8. The summed E-state index contributed by atoms with van der Waals surface area (Å²) in [6.45, 7) is 2.50. The van der Waals surface area contributed by atoms with Gasteiger partial charge in [0.1, 0.15) is 23.2 Å². The maximum absolute atomic E-state index is 8.91. The molecule has 0 unspecified atom stereocenters. The third kappa shape index (κ3) is 5.01. The second-order valence-corrected chi connectivity index (χ2v) is 6.25. The summed E-state index contributed by atoms with van der Waals surface area (Å²) in [5.74, 6) is 0.346. The molecular weight excluding hydrogens is 326 g/mol. The van der Waals surface area contributed by atoms with Crippen LogP contribution in [0.2, 0.25) is 0 Å². The largest absolute Gasteiger partial charge is 0.382 e. The van der Waals surface area contributed by atoms with Gasteiger partial charge in [-0.1, -0.05) is 19.3 Å². The van der Waals surface area contributed by atoms with Gasteiger partial charge < -0.3 is 11.1 Å². The Balaban J connectivity index is 0.000000201. The molecule has 0 aromatic carbocycles. The summed E-state index contributed by atoms with van der Waals surface area (Å²) >= 11 is 0. The minimum absolute atomic E-state index is 0.346. The minimum Gasteiger partial charge on any atom is -0.382 e. The second-order valence-electron chi connectivity index (χ2n) is 6.25. The lowest BCUT2D eigenvalue weighted by molar-refractivity contribution is 0.857. The number of imidazole rings is 1. The molecule has 26 heavy (non-hydrogen) atoms. The lowest BCUT2D eigenvalue weighted by Crippen LogP contribution is -2.03. The maximum Gasteiger partial charge on any atom is 0.142 e. The quantitative estimate of drug-likeness (QED) is 0.700. The van der Waals surface area contributed by atoms with Crippen molar-refractivity contribution in [2.75, 3.05) is 18.8 Å². The highest BCUT2D eigenvalue weighted by Crippen LogP contribution is 2.19. The van der Waals surface area contributed by atoms with E-state index in [-0.39, 0.29) is 0 Å². The standard InChI is InChI=1S/C12H8N6.C4H9N.C3H6/c13-3-8-1-2-12-16-5-10(18(12)7-8)9-4-15-6-11(14)17-9;1-2-4-5-3-1;1-2-3-1/h1-2,4-7H,(H2,14,17);5H,1-4H2;1-3H2. The number of aromatic nitrogens is 4. The molecule has 0 amide bonds. The number of fused-ring (bicyclic) bond motifs is 1. The van der Waals surface area contributed by atoms with E-state index in [4.69, 9.17) is 11.0 Å². The molecule has 1 aliphatic heterocycles. The van der Waals surface area contributed by atoms with Crippen molar-refractivity contribution in [3.05, 3.63) is 42.5 Å². The topological polar surface area (TPSA) is 105 Å². The fourth-order valence-corrected chi connectivity index (χ4v) is 2.37. The number of nitrogens with one attached hydrogen (secondary N) is 1. The third-order valence-corrected chi connectivity index (χ3v) is 3.86. The van der Waals surface area contributed by atoms with Crippen LogP contribution in [0.5, 0.6) is 0 Å². The molecule has 0 spiro atoms. The van der Waals surface area contributed by atoms with Gasteiger partial charge in [-0.05, 0) is 38.1 Å². The van der Waals surface area contributed by atoms with E-state index < -0.39 is 0 Å². The molecule has 3 aromatic heterocycles. The van der Waals surface area contributed by atoms with Crippen molar-refractivity contribution in [3.8, 4) is 17.5 Å². The molecule has 1 saturated carbocycles. The monoisotopic (exact) mass is 349 g/mol. The van der Waals surface area contributed by atoms with Gasteiger partial charge in [0, 0.05) is 6.20 Å². The predicted octanol–water partition coefficient (Wildman–Crippen LogP) is 2.79. The first kappa shape index (κ1) is 17.8. The molecule has 3 aromatic rings. The van der Waals surface area contributed by atoms with Gasteiger partial charge >= 0.3 is 0 Å². The van der Waals surface area contributed by atoms with Gasteiger partial charge in [-0.3, -0.25) is 9.38 Å². The Hall–Kier alpha value is -2.98. The fraction of sp³-hybridized carbons (Fsp3) is 0.368. The van der Waals surface area contributed by atoms with Crippen molar-refractivity contribution in [1.29, 1.82) is 5.26 Å². The summed E-state index contributed by atoms with van der Waals surface area (Å²) in [6, 6.07) is 5.59. The van der Waals surface area contributed by atoms with Crippen LogP contribution in [0.25, 0.3) is 17.0 Å². The van der Waals surface area contributed by atoms with Crippen LogP contribution in [-0.4, -0.2) is 32.4 Å². The van der Waals surface area contributed by atoms with Crippen LogP contribution in [0.4, 0.5) is 5.82 Å². The van der Waals surface area contributed by atoms with Crippen LogP contribution < -0.4 is 11.1 Å². The highest BCUT2D eigenvalue weighted by molar-refractivity contribution is 5.61. The molecule has 0 radical (unpaired) electrons. The van der Waals surface area contributed by atoms with Crippen LogP contribution in [0.1, 0.15) is 37.7 Å². The van der Waals surface area contributed by atoms with Gasteiger partial charge in [-0.2, -0.15) is 5.26 Å². The highest BCUT2D eigenvalue weighted by atomic mass is 15.0. The average Bonchev–Trinajstić information content (AvgIpc) is 3.29. The van der Waals surface area contributed by atoms with E-state index in [1.807, 2.05) is 0 Å². The lowest BCUT2D eigenvalue weighted by atomic mass is 10.3. The van der Waals surface area contributed by atoms with Crippen LogP contribution >= 0.6 is 0 Å². The van der Waals surface area contributed by atoms with Gasteiger partial charge in [-0.25, -0.2) is 9.97 Å². The molecule has 7 nitrogen and oxygen atoms in total. The van der Waals surface area contributed by atoms with E-state index >= 15 is 0 Å². The summed E-state index contributed by atoms with van der Waals surface area (Å²) in [4.78, 5) is 12.4. The molecule has 2 aliphatic rings. The van der Waals surface area contributed by atoms with Crippen molar-refractivity contribution < 1.29 is 0 Å². The molecule has 1 aliphatic carbocycles. The van der Waals surface area contributed by atoms with Crippen LogP contribution in [0.15, 0.2) is 36.9 Å². The molecule has 0 bridgehead atoms. The number of hydrogen-bond acceptors (Lipinski definition) is 6. The summed E-state index contributed by atoms with van der Waals surface area (Å²) < 4.78 is 1.79. The zero-order chi connectivity index (χ0) is 18.2. The molecule has 4 heterocycles. The number of hydrogen-bond donors (Lipinski definition) is 2. The lowest BCUT2D eigenvalue weighted by Gasteiger charge is -2.01. The molecule has 134 valence electrons.